The van der Waals surface area contributed by atoms with Gasteiger partial charge >= 0.3 is 6.03 Å². The quantitative estimate of drug-likeness (QED) is 0.664. The van der Waals surface area contributed by atoms with Crippen molar-refractivity contribution in [2.75, 3.05) is 43.1 Å². The van der Waals surface area contributed by atoms with E-state index >= 15 is 0 Å². The molecule has 2 aliphatic heterocycles. The van der Waals surface area contributed by atoms with Crippen LogP contribution in [0.1, 0.15) is 18.4 Å². The normalized spacial score (nSPS) is 19.3. The van der Waals surface area contributed by atoms with Crippen molar-refractivity contribution in [2.24, 2.45) is 0 Å². The van der Waals surface area contributed by atoms with Gasteiger partial charge in [0.15, 0.2) is 19.7 Å². The van der Waals surface area contributed by atoms with Gasteiger partial charge in [0.2, 0.25) is 0 Å². The first-order valence-corrected chi connectivity index (χ1v) is 14.6. The number of carbonyl (C=O) groups excluding carboxylic acids is 1. The summed E-state index contributed by atoms with van der Waals surface area (Å²) in [4.78, 5) is 17.3. The van der Waals surface area contributed by atoms with Crippen molar-refractivity contribution in [1.82, 2.24) is 10.2 Å². The number of benzene rings is 2. The molecule has 2 amide bonds. The minimum absolute atomic E-state index is 0.0415. The average molecular weight is 492 g/mol. The molecule has 10 heteroatoms. The smallest absolute Gasteiger partial charge is 0.322 e. The molecule has 2 aromatic carbocycles. The Labute approximate surface area is 195 Å². The van der Waals surface area contributed by atoms with Gasteiger partial charge < -0.3 is 10.2 Å². The molecule has 0 saturated carbocycles. The van der Waals surface area contributed by atoms with Crippen LogP contribution in [0.3, 0.4) is 0 Å². The maximum Gasteiger partial charge on any atom is 0.322 e. The van der Waals surface area contributed by atoms with E-state index in [2.05, 4.69) is 10.2 Å². The van der Waals surface area contributed by atoms with Crippen LogP contribution in [0.4, 0.5) is 10.5 Å². The van der Waals surface area contributed by atoms with Crippen LogP contribution < -0.4 is 10.2 Å². The highest BCUT2D eigenvalue weighted by Gasteiger charge is 2.29. The summed E-state index contributed by atoms with van der Waals surface area (Å²) in [6.45, 7) is 2.33. The van der Waals surface area contributed by atoms with E-state index in [4.69, 9.17) is 0 Å². The molecule has 4 rings (SSSR count). The van der Waals surface area contributed by atoms with Gasteiger partial charge in [-0.2, -0.15) is 0 Å². The summed E-state index contributed by atoms with van der Waals surface area (Å²) in [6, 6.07) is 13.1. The lowest BCUT2D eigenvalue weighted by molar-refractivity contribution is 0.195. The van der Waals surface area contributed by atoms with Crippen LogP contribution in [-0.2, 0) is 26.1 Å². The number of nitrogens with zero attached hydrogens (tertiary/aromatic N) is 2. The van der Waals surface area contributed by atoms with Crippen molar-refractivity contribution in [3.63, 3.8) is 0 Å². The molecule has 1 atom stereocenters. The highest BCUT2D eigenvalue weighted by Crippen LogP contribution is 2.30. The van der Waals surface area contributed by atoms with Crippen LogP contribution in [0.15, 0.2) is 58.3 Å². The standard InChI is InChI=1S/C23H29N3O5S2/c1-32(28,29)21-9-10-22-18(16-21)11-13-26(22)23(27)24-19-6-5-12-25(17-19)14-15-33(30,31)20-7-3-2-4-8-20/h2-4,7-10,16,19H,5-6,11-15,17H2,1H3,(H,24,27). The van der Waals surface area contributed by atoms with E-state index in [9.17, 15) is 21.6 Å². The molecule has 1 unspecified atom stereocenters. The Balaban J connectivity index is 1.34. The number of nitrogens with one attached hydrogen (secondary N) is 1. The van der Waals surface area contributed by atoms with Crippen molar-refractivity contribution < 1.29 is 21.6 Å². The Morgan fingerprint density at radius 3 is 2.52 bits per heavy atom. The second-order valence-corrected chi connectivity index (χ2v) is 12.8. The first-order chi connectivity index (χ1) is 15.6. The summed E-state index contributed by atoms with van der Waals surface area (Å²) < 4.78 is 48.7. The Kier molecular flexibility index (Phi) is 6.78. The number of hydrogen-bond donors (Lipinski definition) is 1. The lowest BCUT2D eigenvalue weighted by Gasteiger charge is -2.34. The zero-order valence-electron chi connectivity index (χ0n) is 18.6. The van der Waals surface area contributed by atoms with E-state index in [0.717, 1.165) is 30.6 Å². The molecular weight excluding hydrogens is 462 g/mol. The highest BCUT2D eigenvalue weighted by atomic mass is 32.2. The number of rotatable bonds is 6. The predicted octanol–water partition coefficient (Wildman–Crippen LogP) is 2.10. The molecule has 2 aromatic rings. The highest BCUT2D eigenvalue weighted by molar-refractivity contribution is 7.91. The summed E-state index contributed by atoms with van der Waals surface area (Å²) in [6.07, 6.45) is 3.50. The number of urea groups is 1. The molecule has 2 heterocycles. The molecule has 0 aromatic heterocycles. The Bertz CT molecular complexity index is 1230. The lowest BCUT2D eigenvalue weighted by atomic mass is 10.1. The van der Waals surface area contributed by atoms with Gasteiger partial charge in [-0.05, 0) is 61.7 Å². The Morgan fingerprint density at radius 1 is 1.03 bits per heavy atom. The van der Waals surface area contributed by atoms with E-state index in [1.807, 2.05) is 0 Å². The van der Waals surface area contributed by atoms with Crippen molar-refractivity contribution in [3.05, 3.63) is 54.1 Å². The first kappa shape index (κ1) is 23.7. The van der Waals surface area contributed by atoms with Crippen molar-refractivity contribution in [3.8, 4) is 0 Å². The molecule has 0 radical (unpaired) electrons. The molecule has 33 heavy (non-hydrogen) atoms. The number of amides is 2. The Morgan fingerprint density at radius 2 is 1.79 bits per heavy atom. The average Bonchev–Trinajstić information content (AvgIpc) is 3.22. The zero-order chi connectivity index (χ0) is 23.6. The van der Waals surface area contributed by atoms with Crippen LogP contribution in [0.25, 0.3) is 0 Å². The summed E-state index contributed by atoms with van der Waals surface area (Å²) in [5.74, 6) is 0.0415. The maximum atomic E-state index is 12.9. The van der Waals surface area contributed by atoms with Gasteiger partial charge in [-0.3, -0.25) is 4.90 Å². The molecule has 2 aliphatic rings. The lowest BCUT2D eigenvalue weighted by Crippen LogP contribution is -2.52. The first-order valence-electron chi connectivity index (χ1n) is 11.0. The monoisotopic (exact) mass is 491 g/mol. The number of sulfone groups is 2. The van der Waals surface area contributed by atoms with Crippen LogP contribution in [0.2, 0.25) is 0 Å². The van der Waals surface area contributed by atoms with Crippen molar-refractivity contribution in [2.45, 2.75) is 35.1 Å². The van der Waals surface area contributed by atoms with Gasteiger partial charge in [0.05, 0.1) is 15.5 Å². The van der Waals surface area contributed by atoms with Crippen LogP contribution in [0.5, 0.6) is 0 Å². The van der Waals surface area contributed by atoms with Gasteiger partial charge in [-0.25, -0.2) is 21.6 Å². The van der Waals surface area contributed by atoms with E-state index in [1.54, 1.807) is 47.4 Å². The van der Waals surface area contributed by atoms with E-state index in [-0.39, 0.29) is 22.7 Å². The van der Waals surface area contributed by atoms with Crippen LogP contribution in [-0.4, -0.2) is 72.0 Å². The molecule has 178 valence electrons. The molecule has 1 N–H and O–H groups in total. The van der Waals surface area contributed by atoms with Gasteiger partial charge in [0.25, 0.3) is 0 Å². The predicted molar refractivity (Wildman–Crippen MR) is 127 cm³/mol. The molecule has 8 nitrogen and oxygen atoms in total. The fourth-order valence-corrected chi connectivity index (χ4v) is 6.42. The summed E-state index contributed by atoms with van der Waals surface area (Å²) >= 11 is 0. The Hall–Kier alpha value is -2.43. The number of piperidine rings is 1. The van der Waals surface area contributed by atoms with E-state index < -0.39 is 19.7 Å². The van der Waals surface area contributed by atoms with Crippen LogP contribution in [0, 0.1) is 0 Å². The van der Waals surface area contributed by atoms with Gasteiger partial charge in [-0.15, -0.1) is 0 Å². The third-order valence-corrected chi connectivity index (χ3v) is 9.05. The number of carbonyl (C=O) groups is 1. The molecule has 0 aliphatic carbocycles. The van der Waals surface area contributed by atoms with Crippen molar-refractivity contribution in [1.29, 1.82) is 0 Å². The van der Waals surface area contributed by atoms with E-state index in [1.165, 1.54) is 12.3 Å². The number of hydrogen-bond acceptors (Lipinski definition) is 6. The zero-order valence-corrected chi connectivity index (χ0v) is 20.2. The maximum absolute atomic E-state index is 12.9. The molecule has 1 fully saturated rings. The summed E-state index contributed by atoms with van der Waals surface area (Å²) in [5.41, 5.74) is 1.59. The minimum atomic E-state index is -3.34. The topological polar surface area (TPSA) is 104 Å². The third-order valence-electron chi connectivity index (χ3n) is 6.23. The molecule has 0 spiro atoms. The SMILES string of the molecule is CS(=O)(=O)c1ccc2c(c1)CCN2C(=O)NC1CCCN(CCS(=O)(=O)c2ccccc2)C1. The third kappa shape index (κ3) is 5.56. The molecule has 0 bridgehead atoms. The minimum Gasteiger partial charge on any atom is -0.334 e. The fourth-order valence-electron chi connectivity index (χ4n) is 4.44. The largest absolute Gasteiger partial charge is 0.334 e. The van der Waals surface area contributed by atoms with Crippen molar-refractivity contribution >= 4 is 31.4 Å². The fraction of sp³-hybridized carbons (Fsp3) is 0.435. The summed E-state index contributed by atoms with van der Waals surface area (Å²) in [7, 11) is -6.63. The number of fused-ring (bicyclic) bond motifs is 1. The summed E-state index contributed by atoms with van der Waals surface area (Å²) in [5, 5.41) is 3.08. The second kappa shape index (κ2) is 9.44. The van der Waals surface area contributed by atoms with Gasteiger partial charge in [-0.1, -0.05) is 18.2 Å². The number of anilines is 1. The van der Waals surface area contributed by atoms with Gasteiger partial charge in [0, 0.05) is 37.6 Å². The second-order valence-electron chi connectivity index (χ2n) is 8.69. The van der Waals surface area contributed by atoms with Crippen LogP contribution >= 0.6 is 0 Å². The van der Waals surface area contributed by atoms with Gasteiger partial charge in [0.1, 0.15) is 0 Å². The molecule has 1 saturated heterocycles. The molecular formula is C23H29N3O5S2. The number of likely N-dealkylation sites (tertiary alicyclic amines) is 1. The van der Waals surface area contributed by atoms with E-state index in [0.29, 0.717) is 31.0 Å².